The molecule has 2 aromatic rings. The number of fused-ring (bicyclic) bond motifs is 1. The molecule has 2 rings (SSSR count). The SMILES string of the molecule is CCC[CH2][Sn]([CH2]CCC)([CH2]CCC)[c]1ccc2[nH]c(C)c(C)c2c1. The Balaban J connectivity index is 2.47. The molecule has 0 bridgehead atoms. The molecule has 1 heterocycles. The van der Waals surface area contributed by atoms with Crippen molar-refractivity contribution in [3.8, 4) is 0 Å². The van der Waals surface area contributed by atoms with Crippen LogP contribution in [-0.4, -0.2) is 23.4 Å². The standard InChI is InChI=1S/C10H10N.3C4H9.Sn/c1-7-8(2)11-10-6-4-3-5-9(7)10;3*1-3-4-2;/h4-6,11H,1-2H3;3*1,3-4H2,2H3;. The van der Waals surface area contributed by atoms with E-state index in [0.29, 0.717) is 0 Å². The molecule has 134 valence electrons. The maximum atomic E-state index is 3.56. The van der Waals surface area contributed by atoms with Gasteiger partial charge < -0.3 is 0 Å². The molecule has 1 aromatic heterocycles. The normalized spacial score (nSPS) is 12.2. The first-order valence-electron chi connectivity index (χ1n) is 10.2. The van der Waals surface area contributed by atoms with Gasteiger partial charge in [-0.15, -0.1) is 0 Å². The van der Waals surface area contributed by atoms with Gasteiger partial charge in [-0.05, 0) is 0 Å². The van der Waals surface area contributed by atoms with Gasteiger partial charge in [-0.3, -0.25) is 0 Å². The number of aryl methyl sites for hydroxylation is 2. The quantitative estimate of drug-likeness (QED) is 0.394. The van der Waals surface area contributed by atoms with Crippen molar-refractivity contribution in [1.82, 2.24) is 4.98 Å². The maximum absolute atomic E-state index is 3.56. The molecule has 0 saturated heterocycles. The zero-order valence-corrected chi connectivity index (χ0v) is 19.5. The number of hydrogen-bond donors (Lipinski definition) is 1. The second kappa shape index (κ2) is 9.31. The van der Waals surface area contributed by atoms with Crippen molar-refractivity contribution in [2.45, 2.75) is 86.5 Å². The summed E-state index contributed by atoms with van der Waals surface area (Å²) in [4.78, 5) is 3.56. The van der Waals surface area contributed by atoms with Crippen LogP contribution in [0.25, 0.3) is 10.9 Å². The second-order valence-corrected chi connectivity index (χ2v) is 21.0. The monoisotopic (exact) mass is 435 g/mol. The van der Waals surface area contributed by atoms with Crippen molar-refractivity contribution in [2.75, 3.05) is 0 Å². The molecule has 0 aliphatic rings. The number of unbranched alkanes of at least 4 members (excludes halogenated alkanes) is 3. The Bertz CT molecular complexity index is 619. The minimum absolute atomic E-state index is 1.33. The zero-order chi connectivity index (χ0) is 17.6. The van der Waals surface area contributed by atoms with E-state index in [1.54, 1.807) is 16.9 Å². The van der Waals surface area contributed by atoms with Gasteiger partial charge >= 0.3 is 154 Å². The van der Waals surface area contributed by atoms with Crippen LogP contribution in [0.2, 0.25) is 13.3 Å². The molecule has 0 spiro atoms. The Kier molecular flexibility index (Phi) is 7.71. The summed E-state index contributed by atoms with van der Waals surface area (Å²) in [6.07, 6.45) is 8.36. The van der Waals surface area contributed by atoms with Crippen molar-refractivity contribution in [3.63, 3.8) is 0 Å². The Morgan fingerprint density at radius 3 is 1.88 bits per heavy atom. The topological polar surface area (TPSA) is 15.8 Å². The van der Waals surface area contributed by atoms with E-state index in [4.69, 9.17) is 0 Å². The van der Waals surface area contributed by atoms with Crippen molar-refractivity contribution < 1.29 is 0 Å². The molecule has 1 aromatic carbocycles. The number of nitrogens with one attached hydrogen (secondary N) is 1. The van der Waals surface area contributed by atoms with Crippen LogP contribution in [0.15, 0.2) is 18.2 Å². The fourth-order valence-electron chi connectivity index (χ4n) is 4.14. The summed E-state index contributed by atoms with van der Waals surface area (Å²) < 4.78 is 6.46. The van der Waals surface area contributed by atoms with Gasteiger partial charge in [-0.25, -0.2) is 0 Å². The van der Waals surface area contributed by atoms with E-state index in [-0.39, 0.29) is 0 Å². The summed E-state index contributed by atoms with van der Waals surface area (Å²) >= 11 is -2.28. The van der Waals surface area contributed by atoms with Gasteiger partial charge in [0.25, 0.3) is 0 Å². The fourth-order valence-corrected chi connectivity index (χ4v) is 20.1. The molecule has 0 aliphatic heterocycles. The zero-order valence-electron chi connectivity index (χ0n) is 16.6. The number of hydrogen-bond acceptors (Lipinski definition) is 0. The summed E-state index contributed by atoms with van der Waals surface area (Å²) in [7, 11) is 0. The average Bonchev–Trinajstić information content (AvgIpc) is 2.89. The van der Waals surface area contributed by atoms with Crippen molar-refractivity contribution in [2.24, 2.45) is 0 Å². The van der Waals surface area contributed by atoms with E-state index in [1.165, 1.54) is 60.7 Å². The molecular formula is C22H37NSn. The van der Waals surface area contributed by atoms with Crippen molar-refractivity contribution >= 4 is 32.9 Å². The van der Waals surface area contributed by atoms with Crippen LogP contribution in [0.3, 0.4) is 0 Å². The molecule has 0 amide bonds. The van der Waals surface area contributed by atoms with Crippen LogP contribution in [0.1, 0.15) is 70.6 Å². The first kappa shape index (κ1) is 19.9. The van der Waals surface area contributed by atoms with Crippen LogP contribution in [0.5, 0.6) is 0 Å². The second-order valence-electron chi connectivity index (χ2n) is 7.73. The number of aromatic nitrogens is 1. The molecule has 0 fully saturated rings. The van der Waals surface area contributed by atoms with Gasteiger partial charge in [-0.1, -0.05) is 0 Å². The third-order valence-corrected chi connectivity index (χ3v) is 21.6. The van der Waals surface area contributed by atoms with E-state index in [1.807, 2.05) is 0 Å². The summed E-state index contributed by atoms with van der Waals surface area (Å²) in [5.74, 6) is 0. The van der Waals surface area contributed by atoms with Crippen LogP contribution >= 0.6 is 0 Å². The number of aromatic amines is 1. The Morgan fingerprint density at radius 1 is 0.833 bits per heavy atom. The van der Waals surface area contributed by atoms with Crippen LogP contribution in [-0.2, 0) is 0 Å². The van der Waals surface area contributed by atoms with Crippen molar-refractivity contribution in [3.05, 3.63) is 29.5 Å². The van der Waals surface area contributed by atoms with Gasteiger partial charge in [0.05, 0.1) is 0 Å². The predicted octanol–water partition coefficient (Wildman–Crippen LogP) is 6.84. The molecule has 24 heavy (non-hydrogen) atoms. The molecule has 0 aliphatic carbocycles. The van der Waals surface area contributed by atoms with Crippen LogP contribution in [0.4, 0.5) is 0 Å². The van der Waals surface area contributed by atoms with E-state index in [2.05, 4.69) is 57.8 Å². The van der Waals surface area contributed by atoms with E-state index >= 15 is 0 Å². The molecule has 0 atom stereocenters. The third-order valence-electron chi connectivity index (χ3n) is 5.95. The molecule has 1 N–H and O–H groups in total. The average molecular weight is 434 g/mol. The number of H-pyrrole nitrogens is 1. The molecule has 2 heteroatoms. The molecule has 0 saturated carbocycles. The van der Waals surface area contributed by atoms with Crippen LogP contribution in [0, 0.1) is 13.8 Å². The van der Waals surface area contributed by atoms with Crippen molar-refractivity contribution in [1.29, 1.82) is 0 Å². The van der Waals surface area contributed by atoms with E-state index in [9.17, 15) is 0 Å². The summed E-state index contributed by atoms with van der Waals surface area (Å²) in [5.41, 5.74) is 4.11. The van der Waals surface area contributed by atoms with E-state index in [0.717, 1.165) is 0 Å². The van der Waals surface area contributed by atoms with Gasteiger partial charge in [0.2, 0.25) is 0 Å². The predicted molar refractivity (Wildman–Crippen MR) is 112 cm³/mol. The van der Waals surface area contributed by atoms with Gasteiger partial charge in [0.15, 0.2) is 0 Å². The fraction of sp³-hybridized carbons (Fsp3) is 0.636. The van der Waals surface area contributed by atoms with Gasteiger partial charge in [0.1, 0.15) is 0 Å². The van der Waals surface area contributed by atoms with E-state index < -0.39 is 18.4 Å². The molecule has 0 radical (unpaired) electrons. The van der Waals surface area contributed by atoms with Gasteiger partial charge in [0, 0.05) is 0 Å². The third kappa shape index (κ3) is 4.39. The number of benzene rings is 1. The Labute approximate surface area is 153 Å². The first-order valence-corrected chi connectivity index (χ1v) is 17.7. The minimum atomic E-state index is -2.28. The molecule has 0 unspecified atom stereocenters. The molecule has 1 nitrogen and oxygen atoms in total. The summed E-state index contributed by atoms with van der Waals surface area (Å²) in [6, 6.07) is 7.49. The summed E-state index contributed by atoms with van der Waals surface area (Å²) in [5, 5.41) is 1.48. The van der Waals surface area contributed by atoms with Crippen LogP contribution < -0.4 is 3.58 Å². The number of rotatable bonds is 10. The first-order chi connectivity index (χ1) is 11.6. The van der Waals surface area contributed by atoms with Gasteiger partial charge in [-0.2, -0.15) is 0 Å². The Morgan fingerprint density at radius 2 is 1.38 bits per heavy atom. The Hall–Kier alpha value is -0.441. The summed E-state index contributed by atoms with van der Waals surface area (Å²) in [6.45, 7) is 11.6. The molecular weight excluding hydrogens is 397 g/mol.